The zero-order valence-corrected chi connectivity index (χ0v) is 12.5. The van der Waals surface area contributed by atoms with Crippen molar-refractivity contribution in [2.75, 3.05) is 26.9 Å². The van der Waals surface area contributed by atoms with Gasteiger partial charge in [-0.15, -0.1) is 0 Å². The Balaban J connectivity index is 2.49. The van der Waals surface area contributed by atoms with Crippen molar-refractivity contribution in [3.05, 3.63) is 28.8 Å². The molecule has 0 radical (unpaired) electrons. The van der Waals surface area contributed by atoms with Crippen LogP contribution in [-0.4, -0.2) is 26.9 Å². The Morgan fingerprint density at radius 3 is 2.53 bits per heavy atom. The molecule has 19 heavy (non-hydrogen) atoms. The highest BCUT2D eigenvalue weighted by molar-refractivity contribution is 5.49. The van der Waals surface area contributed by atoms with Crippen molar-refractivity contribution >= 4 is 0 Å². The van der Waals surface area contributed by atoms with Crippen LogP contribution in [0.1, 0.15) is 30.0 Å². The highest BCUT2D eigenvalue weighted by Crippen LogP contribution is 2.46. The highest BCUT2D eigenvalue weighted by atomic mass is 16.5. The summed E-state index contributed by atoms with van der Waals surface area (Å²) in [5.74, 6) is 1.51. The van der Waals surface area contributed by atoms with E-state index in [-0.39, 0.29) is 5.41 Å². The van der Waals surface area contributed by atoms with Gasteiger partial charge >= 0.3 is 0 Å². The molecule has 1 fully saturated rings. The fourth-order valence-electron chi connectivity index (χ4n) is 3.15. The number of hydrogen-bond acceptors (Lipinski definition) is 3. The van der Waals surface area contributed by atoms with E-state index in [0.29, 0.717) is 5.92 Å². The summed E-state index contributed by atoms with van der Waals surface area (Å²) in [6.07, 6.45) is 1.01. The molecule has 0 aliphatic carbocycles. The SMILES string of the molecule is COc1c(C)cc(C)cc1C1(C(C)CCN)COC1. The van der Waals surface area contributed by atoms with Crippen molar-refractivity contribution in [1.82, 2.24) is 0 Å². The van der Waals surface area contributed by atoms with E-state index in [4.69, 9.17) is 15.2 Å². The maximum absolute atomic E-state index is 5.74. The number of rotatable bonds is 5. The molecule has 0 saturated carbocycles. The van der Waals surface area contributed by atoms with Crippen LogP contribution in [0, 0.1) is 19.8 Å². The molecule has 0 bridgehead atoms. The predicted molar refractivity (Wildman–Crippen MR) is 77.8 cm³/mol. The average Bonchev–Trinajstić information content (AvgIpc) is 2.27. The van der Waals surface area contributed by atoms with Gasteiger partial charge in [0.1, 0.15) is 5.75 Å². The Labute approximate surface area is 116 Å². The first-order valence-electron chi connectivity index (χ1n) is 6.98. The second-order valence-electron chi connectivity index (χ2n) is 5.79. The average molecular weight is 263 g/mol. The van der Waals surface area contributed by atoms with E-state index < -0.39 is 0 Å². The summed E-state index contributed by atoms with van der Waals surface area (Å²) in [7, 11) is 1.75. The van der Waals surface area contributed by atoms with Crippen LogP contribution in [-0.2, 0) is 10.2 Å². The first-order chi connectivity index (χ1) is 9.05. The van der Waals surface area contributed by atoms with Crippen LogP contribution in [0.15, 0.2) is 12.1 Å². The number of benzene rings is 1. The molecule has 0 spiro atoms. The molecule has 1 aromatic rings. The third kappa shape index (κ3) is 2.37. The monoisotopic (exact) mass is 263 g/mol. The van der Waals surface area contributed by atoms with Gasteiger partial charge in [0.15, 0.2) is 0 Å². The molecule has 1 aliphatic heterocycles. The first-order valence-corrected chi connectivity index (χ1v) is 6.98. The van der Waals surface area contributed by atoms with Crippen LogP contribution >= 0.6 is 0 Å². The van der Waals surface area contributed by atoms with Gasteiger partial charge in [0, 0.05) is 11.0 Å². The Morgan fingerprint density at radius 1 is 1.37 bits per heavy atom. The third-order valence-electron chi connectivity index (χ3n) is 4.42. The lowest BCUT2D eigenvalue weighted by atomic mass is 9.67. The van der Waals surface area contributed by atoms with E-state index >= 15 is 0 Å². The molecule has 3 nitrogen and oxygen atoms in total. The van der Waals surface area contributed by atoms with Gasteiger partial charge in [-0.3, -0.25) is 0 Å². The Morgan fingerprint density at radius 2 is 2.05 bits per heavy atom. The Bertz CT molecular complexity index is 452. The van der Waals surface area contributed by atoms with Crippen LogP contribution in [0.4, 0.5) is 0 Å². The van der Waals surface area contributed by atoms with Gasteiger partial charge in [0.2, 0.25) is 0 Å². The molecule has 0 aromatic heterocycles. The largest absolute Gasteiger partial charge is 0.496 e. The molecule has 1 unspecified atom stereocenters. The van der Waals surface area contributed by atoms with Gasteiger partial charge in [-0.1, -0.05) is 24.6 Å². The minimum atomic E-state index is 0.0709. The summed E-state index contributed by atoms with van der Waals surface area (Å²) in [4.78, 5) is 0. The topological polar surface area (TPSA) is 44.5 Å². The summed E-state index contributed by atoms with van der Waals surface area (Å²) in [5, 5.41) is 0. The molecule has 0 amide bonds. The molecule has 3 heteroatoms. The van der Waals surface area contributed by atoms with Crippen LogP contribution < -0.4 is 10.5 Å². The quantitative estimate of drug-likeness (QED) is 0.888. The van der Waals surface area contributed by atoms with Gasteiger partial charge in [0.25, 0.3) is 0 Å². The van der Waals surface area contributed by atoms with Crippen LogP contribution in [0.3, 0.4) is 0 Å². The number of nitrogens with two attached hydrogens (primary N) is 1. The zero-order valence-electron chi connectivity index (χ0n) is 12.5. The lowest BCUT2D eigenvalue weighted by molar-refractivity contribution is -0.0892. The van der Waals surface area contributed by atoms with E-state index in [1.165, 1.54) is 16.7 Å². The molecular formula is C16H25NO2. The van der Waals surface area contributed by atoms with Crippen molar-refractivity contribution in [3.63, 3.8) is 0 Å². The maximum atomic E-state index is 5.74. The van der Waals surface area contributed by atoms with Gasteiger partial charge in [-0.25, -0.2) is 0 Å². The Kier molecular flexibility index (Phi) is 4.16. The van der Waals surface area contributed by atoms with Gasteiger partial charge in [-0.05, 0) is 38.3 Å². The van der Waals surface area contributed by atoms with Crippen LogP contribution in [0.25, 0.3) is 0 Å². The lowest BCUT2D eigenvalue weighted by Crippen LogP contribution is -2.52. The van der Waals surface area contributed by atoms with Crippen molar-refractivity contribution in [1.29, 1.82) is 0 Å². The summed E-state index contributed by atoms with van der Waals surface area (Å²) in [6.45, 7) is 8.77. The lowest BCUT2D eigenvalue weighted by Gasteiger charge is -2.47. The molecular weight excluding hydrogens is 238 g/mol. The number of methoxy groups -OCH3 is 1. The second kappa shape index (κ2) is 5.51. The van der Waals surface area contributed by atoms with Gasteiger partial charge in [-0.2, -0.15) is 0 Å². The van der Waals surface area contributed by atoms with Gasteiger partial charge in [0.05, 0.1) is 20.3 Å². The smallest absolute Gasteiger partial charge is 0.125 e. The maximum Gasteiger partial charge on any atom is 0.125 e. The molecule has 1 atom stereocenters. The van der Waals surface area contributed by atoms with E-state index in [0.717, 1.165) is 31.9 Å². The minimum Gasteiger partial charge on any atom is -0.496 e. The molecule has 1 aromatic carbocycles. The molecule has 2 rings (SSSR count). The predicted octanol–water partition coefficient (Wildman–Crippen LogP) is 2.56. The molecule has 106 valence electrons. The summed E-state index contributed by atoms with van der Waals surface area (Å²) >= 11 is 0. The van der Waals surface area contributed by atoms with E-state index in [1.54, 1.807) is 7.11 Å². The fourth-order valence-corrected chi connectivity index (χ4v) is 3.15. The van der Waals surface area contributed by atoms with Crippen molar-refractivity contribution in [2.24, 2.45) is 11.7 Å². The molecule has 1 saturated heterocycles. The molecule has 1 aliphatic rings. The van der Waals surface area contributed by atoms with Crippen LogP contribution in [0.5, 0.6) is 5.75 Å². The number of hydrogen-bond donors (Lipinski definition) is 1. The zero-order chi connectivity index (χ0) is 14.0. The highest BCUT2D eigenvalue weighted by Gasteiger charge is 2.46. The number of ether oxygens (including phenoxy) is 2. The second-order valence-corrected chi connectivity index (χ2v) is 5.79. The molecule has 1 heterocycles. The van der Waals surface area contributed by atoms with Crippen molar-refractivity contribution in [3.8, 4) is 5.75 Å². The van der Waals surface area contributed by atoms with E-state index in [9.17, 15) is 0 Å². The normalized spacial score (nSPS) is 18.8. The summed E-state index contributed by atoms with van der Waals surface area (Å²) in [5.41, 5.74) is 9.58. The van der Waals surface area contributed by atoms with E-state index in [2.05, 4.69) is 32.9 Å². The van der Waals surface area contributed by atoms with E-state index in [1.807, 2.05) is 0 Å². The Hall–Kier alpha value is -1.06. The van der Waals surface area contributed by atoms with Crippen molar-refractivity contribution in [2.45, 2.75) is 32.6 Å². The number of aryl methyl sites for hydroxylation is 2. The first kappa shape index (κ1) is 14.4. The third-order valence-corrected chi connectivity index (χ3v) is 4.42. The van der Waals surface area contributed by atoms with Gasteiger partial charge < -0.3 is 15.2 Å². The fraction of sp³-hybridized carbons (Fsp3) is 0.625. The summed E-state index contributed by atoms with van der Waals surface area (Å²) in [6, 6.07) is 4.42. The minimum absolute atomic E-state index is 0.0709. The standard InChI is InChI=1S/C16H25NO2/c1-11-7-12(2)15(18-4)14(8-11)16(9-19-10-16)13(3)5-6-17/h7-8,13H,5-6,9-10,17H2,1-4H3. The summed E-state index contributed by atoms with van der Waals surface area (Å²) < 4.78 is 11.2. The molecule has 2 N–H and O–H groups in total. The van der Waals surface area contributed by atoms with Crippen molar-refractivity contribution < 1.29 is 9.47 Å². The van der Waals surface area contributed by atoms with Crippen LogP contribution in [0.2, 0.25) is 0 Å².